The molecule has 1 N–H and O–H groups in total. The van der Waals surface area contributed by atoms with Crippen LogP contribution in [0.3, 0.4) is 0 Å². The number of aromatic nitrogens is 2. The van der Waals surface area contributed by atoms with E-state index in [1.165, 1.54) is 54.3 Å². The fourth-order valence-electron chi connectivity index (χ4n) is 2.60. The fraction of sp³-hybridized carbons (Fsp3) is 0.462. The van der Waals surface area contributed by atoms with Gasteiger partial charge in [0.2, 0.25) is 0 Å². The monoisotopic (exact) mass is 200 g/mol. The number of aryl methyl sites for hydroxylation is 3. The molecule has 1 aliphatic rings. The number of fused-ring (bicyclic) bond motifs is 3. The summed E-state index contributed by atoms with van der Waals surface area (Å²) in [5, 5.41) is 0. The Labute approximate surface area is 89.7 Å². The van der Waals surface area contributed by atoms with Crippen molar-refractivity contribution in [3.8, 4) is 0 Å². The van der Waals surface area contributed by atoms with Gasteiger partial charge in [0.15, 0.2) is 0 Å². The number of H-pyrrole nitrogens is 1. The second-order valence-electron chi connectivity index (χ2n) is 4.48. The molecule has 1 aromatic carbocycles. The normalized spacial score (nSPS) is 16.3. The van der Waals surface area contributed by atoms with Crippen molar-refractivity contribution < 1.29 is 0 Å². The van der Waals surface area contributed by atoms with E-state index < -0.39 is 0 Å². The quantitative estimate of drug-likeness (QED) is 0.650. The number of benzene rings is 1. The van der Waals surface area contributed by atoms with Crippen molar-refractivity contribution in [1.82, 2.24) is 9.97 Å². The third-order valence-corrected chi connectivity index (χ3v) is 3.35. The predicted octanol–water partition coefficient (Wildman–Crippen LogP) is 3.14. The van der Waals surface area contributed by atoms with E-state index in [4.69, 9.17) is 0 Å². The fourth-order valence-corrected chi connectivity index (χ4v) is 2.60. The minimum Gasteiger partial charge on any atom is -0.342 e. The number of nitrogens with zero attached hydrogens (tertiary/aromatic N) is 1. The molecular formula is C13H16N2. The topological polar surface area (TPSA) is 28.7 Å². The van der Waals surface area contributed by atoms with E-state index in [0.717, 1.165) is 5.82 Å². The minimum atomic E-state index is 1.03. The molecule has 0 aliphatic heterocycles. The van der Waals surface area contributed by atoms with Crippen LogP contribution in [0.15, 0.2) is 12.1 Å². The first-order valence-corrected chi connectivity index (χ1v) is 5.82. The Morgan fingerprint density at radius 2 is 2.00 bits per heavy atom. The maximum atomic E-state index is 4.61. The molecule has 2 aromatic rings. The smallest absolute Gasteiger partial charge is 0.104 e. The lowest BCUT2D eigenvalue weighted by molar-refractivity contribution is 0.712. The molecule has 1 heterocycles. The Balaban J connectivity index is 2.26. The molecule has 0 fully saturated rings. The maximum Gasteiger partial charge on any atom is 0.104 e. The largest absolute Gasteiger partial charge is 0.342 e. The zero-order valence-corrected chi connectivity index (χ0v) is 9.14. The summed E-state index contributed by atoms with van der Waals surface area (Å²) in [4.78, 5) is 7.93. The van der Waals surface area contributed by atoms with Gasteiger partial charge in [-0.05, 0) is 49.8 Å². The number of rotatable bonds is 0. The van der Waals surface area contributed by atoms with Crippen molar-refractivity contribution in [2.75, 3.05) is 0 Å². The van der Waals surface area contributed by atoms with Gasteiger partial charge in [-0.2, -0.15) is 0 Å². The van der Waals surface area contributed by atoms with Crippen LogP contribution in [0.4, 0.5) is 0 Å². The summed E-state index contributed by atoms with van der Waals surface area (Å²) in [7, 11) is 0. The van der Waals surface area contributed by atoms with Crippen molar-refractivity contribution in [2.24, 2.45) is 0 Å². The first-order chi connectivity index (χ1) is 7.34. The van der Waals surface area contributed by atoms with Gasteiger partial charge >= 0.3 is 0 Å². The number of nitrogens with one attached hydrogen (secondary N) is 1. The Morgan fingerprint density at radius 1 is 1.13 bits per heavy atom. The highest BCUT2D eigenvalue weighted by Crippen LogP contribution is 2.26. The van der Waals surface area contributed by atoms with Gasteiger partial charge in [-0.25, -0.2) is 4.98 Å². The van der Waals surface area contributed by atoms with E-state index in [9.17, 15) is 0 Å². The van der Waals surface area contributed by atoms with E-state index in [0.29, 0.717) is 0 Å². The van der Waals surface area contributed by atoms with Gasteiger partial charge in [0.1, 0.15) is 5.82 Å². The zero-order chi connectivity index (χ0) is 10.3. The molecule has 0 radical (unpaired) electrons. The lowest BCUT2D eigenvalue weighted by Gasteiger charge is -2.05. The molecule has 0 spiro atoms. The lowest BCUT2D eigenvalue weighted by atomic mass is 10.0. The summed E-state index contributed by atoms with van der Waals surface area (Å²) in [6.45, 7) is 2.03. The van der Waals surface area contributed by atoms with Crippen LogP contribution in [0.5, 0.6) is 0 Å². The highest BCUT2D eigenvalue weighted by atomic mass is 14.9. The molecule has 78 valence electrons. The van der Waals surface area contributed by atoms with E-state index in [1.807, 2.05) is 6.92 Å². The van der Waals surface area contributed by atoms with Crippen LogP contribution in [0.1, 0.15) is 36.2 Å². The number of hydrogen-bond donors (Lipinski definition) is 1. The van der Waals surface area contributed by atoms with Crippen molar-refractivity contribution in [3.63, 3.8) is 0 Å². The summed E-state index contributed by atoms with van der Waals surface area (Å²) >= 11 is 0. The predicted molar refractivity (Wildman–Crippen MR) is 62.1 cm³/mol. The number of aromatic amines is 1. The molecule has 15 heavy (non-hydrogen) atoms. The molecule has 1 aliphatic carbocycles. The minimum absolute atomic E-state index is 1.03. The Kier molecular flexibility index (Phi) is 2.01. The third kappa shape index (κ3) is 1.44. The molecule has 0 unspecified atom stereocenters. The van der Waals surface area contributed by atoms with E-state index in [2.05, 4.69) is 22.1 Å². The van der Waals surface area contributed by atoms with Gasteiger partial charge in [0.25, 0.3) is 0 Å². The molecule has 0 bridgehead atoms. The molecule has 0 saturated heterocycles. The summed E-state index contributed by atoms with van der Waals surface area (Å²) < 4.78 is 0. The maximum absolute atomic E-state index is 4.61. The Bertz CT molecular complexity index is 496. The second kappa shape index (κ2) is 3.37. The third-order valence-electron chi connectivity index (χ3n) is 3.35. The van der Waals surface area contributed by atoms with Crippen LogP contribution >= 0.6 is 0 Å². The van der Waals surface area contributed by atoms with Gasteiger partial charge < -0.3 is 4.98 Å². The van der Waals surface area contributed by atoms with E-state index in [-0.39, 0.29) is 0 Å². The van der Waals surface area contributed by atoms with Gasteiger partial charge in [-0.1, -0.05) is 12.5 Å². The van der Waals surface area contributed by atoms with Crippen molar-refractivity contribution in [2.45, 2.75) is 39.0 Å². The Hall–Kier alpha value is -1.31. The molecule has 2 nitrogen and oxygen atoms in total. The van der Waals surface area contributed by atoms with Crippen LogP contribution in [-0.2, 0) is 12.8 Å². The molecule has 3 rings (SSSR count). The first kappa shape index (κ1) is 8.96. The average Bonchev–Trinajstić information content (AvgIpc) is 2.48. The molecule has 0 amide bonds. The average molecular weight is 200 g/mol. The SMILES string of the molecule is Cc1nc2c3c(ccc2[nH]1)CCCCC3. The van der Waals surface area contributed by atoms with Gasteiger partial charge in [-0.3, -0.25) is 0 Å². The second-order valence-corrected chi connectivity index (χ2v) is 4.48. The van der Waals surface area contributed by atoms with Gasteiger partial charge in [0.05, 0.1) is 11.0 Å². The van der Waals surface area contributed by atoms with Crippen molar-refractivity contribution in [3.05, 3.63) is 29.1 Å². The van der Waals surface area contributed by atoms with Crippen LogP contribution < -0.4 is 0 Å². The van der Waals surface area contributed by atoms with Gasteiger partial charge in [0, 0.05) is 0 Å². The van der Waals surface area contributed by atoms with Crippen LogP contribution in [0, 0.1) is 6.92 Å². The summed E-state index contributed by atoms with van der Waals surface area (Å²) in [5.74, 6) is 1.03. The van der Waals surface area contributed by atoms with Crippen molar-refractivity contribution >= 4 is 11.0 Å². The van der Waals surface area contributed by atoms with Gasteiger partial charge in [-0.15, -0.1) is 0 Å². The Morgan fingerprint density at radius 3 is 2.93 bits per heavy atom. The summed E-state index contributed by atoms with van der Waals surface area (Å²) in [6.07, 6.45) is 6.45. The molecule has 2 heteroatoms. The molecule has 1 aromatic heterocycles. The highest BCUT2D eigenvalue weighted by molar-refractivity contribution is 5.80. The van der Waals surface area contributed by atoms with Crippen LogP contribution in [0.25, 0.3) is 11.0 Å². The summed E-state index contributed by atoms with van der Waals surface area (Å²) in [6, 6.07) is 4.46. The molecule has 0 saturated carbocycles. The van der Waals surface area contributed by atoms with E-state index in [1.54, 1.807) is 0 Å². The van der Waals surface area contributed by atoms with E-state index >= 15 is 0 Å². The first-order valence-electron chi connectivity index (χ1n) is 5.82. The highest BCUT2D eigenvalue weighted by Gasteiger charge is 2.13. The van der Waals surface area contributed by atoms with Crippen molar-refractivity contribution in [1.29, 1.82) is 0 Å². The van der Waals surface area contributed by atoms with Crippen LogP contribution in [0.2, 0.25) is 0 Å². The molecule has 0 atom stereocenters. The van der Waals surface area contributed by atoms with Crippen LogP contribution in [-0.4, -0.2) is 9.97 Å². The summed E-state index contributed by atoms with van der Waals surface area (Å²) in [5.41, 5.74) is 5.43. The standard InChI is InChI=1S/C13H16N2/c1-9-14-12-8-7-10-5-3-2-4-6-11(10)13(12)15-9/h7-8H,2-6H2,1H3,(H,14,15). The number of imidazole rings is 1. The molecular weight excluding hydrogens is 184 g/mol. The lowest BCUT2D eigenvalue weighted by Crippen LogP contribution is -1.92. The zero-order valence-electron chi connectivity index (χ0n) is 9.14. The number of hydrogen-bond acceptors (Lipinski definition) is 1.